The normalized spacial score (nSPS) is 12.5. The SMILES string of the molecule is Cc1cccc2c(CC(=O)NC(C)c3ncon3)c[nH]c12. The van der Waals surface area contributed by atoms with Crippen molar-refractivity contribution in [3.63, 3.8) is 0 Å². The standard InChI is InChI=1S/C15H16N4O2/c1-9-4-3-5-12-11(7-16-14(9)12)6-13(20)18-10(2)15-17-8-21-19-15/h3-5,7-8,10,16H,6H2,1-2H3,(H,18,20). The van der Waals surface area contributed by atoms with Crippen LogP contribution in [0, 0.1) is 6.92 Å². The third-order valence-corrected chi connectivity index (χ3v) is 3.50. The van der Waals surface area contributed by atoms with E-state index >= 15 is 0 Å². The minimum atomic E-state index is -0.275. The first kappa shape index (κ1) is 13.4. The first-order valence-electron chi connectivity index (χ1n) is 6.76. The molecule has 3 rings (SSSR count). The van der Waals surface area contributed by atoms with Gasteiger partial charge in [-0.05, 0) is 25.0 Å². The van der Waals surface area contributed by atoms with Crippen LogP contribution in [0.4, 0.5) is 0 Å². The molecule has 0 saturated carbocycles. The number of aromatic nitrogens is 3. The van der Waals surface area contributed by atoms with Crippen LogP contribution in [0.5, 0.6) is 0 Å². The summed E-state index contributed by atoms with van der Waals surface area (Å²) in [6, 6.07) is 5.78. The van der Waals surface area contributed by atoms with Crippen molar-refractivity contribution in [3.8, 4) is 0 Å². The Morgan fingerprint density at radius 2 is 2.33 bits per heavy atom. The topological polar surface area (TPSA) is 83.8 Å². The summed E-state index contributed by atoms with van der Waals surface area (Å²) >= 11 is 0. The molecule has 0 radical (unpaired) electrons. The number of benzene rings is 1. The molecule has 2 heterocycles. The van der Waals surface area contributed by atoms with E-state index in [1.54, 1.807) is 0 Å². The highest BCUT2D eigenvalue weighted by molar-refractivity contribution is 5.90. The average molecular weight is 284 g/mol. The van der Waals surface area contributed by atoms with E-state index in [0.717, 1.165) is 16.5 Å². The summed E-state index contributed by atoms with van der Waals surface area (Å²) in [7, 11) is 0. The quantitative estimate of drug-likeness (QED) is 0.769. The van der Waals surface area contributed by atoms with Crippen molar-refractivity contribution in [3.05, 3.63) is 47.7 Å². The highest BCUT2D eigenvalue weighted by Gasteiger charge is 2.15. The van der Waals surface area contributed by atoms with E-state index in [4.69, 9.17) is 0 Å². The first-order chi connectivity index (χ1) is 10.1. The second-order valence-corrected chi connectivity index (χ2v) is 5.07. The van der Waals surface area contributed by atoms with Crippen LogP contribution in [-0.2, 0) is 11.2 Å². The van der Waals surface area contributed by atoms with Crippen LogP contribution in [-0.4, -0.2) is 21.0 Å². The molecule has 1 unspecified atom stereocenters. The van der Waals surface area contributed by atoms with E-state index in [0.29, 0.717) is 12.2 Å². The van der Waals surface area contributed by atoms with Crippen molar-refractivity contribution >= 4 is 16.8 Å². The number of nitrogens with zero attached hydrogens (tertiary/aromatic N) is 2. The number of nitrogens with one attached hydrogen (secondary N) is 2. The number of amides is 1. The van der Waals surface area contributed by atoms with E-state index in [1.807, 2.05) is 38.2 Å². The molecule has 6 nitrogen and oxygen atoms in total. The lowest BCUT2D eigenvalue weighted by Gasteiger charge is -2.09. The smallest absolute Gasteiger partial charge is 0.225 e. The number of H-pyrrole nitrogens is 1. The molecule has 0 fully saturated rings. The van der Waals surface area contributed by atoms with Gasteiger partial charge >= 0.3 is 0 Å². The van der Waals surface area contributed by atoms with Gasteiger partial charge in [-0.15, -0.1) is 0 Å². The Hall–Kier alpha value is -2.63. The zero-order valence-corrected chi connectivity index (χ0v) is 11.9. The van der Waals surface area contributed by atoms with Gasteiger partial charge in [0, 0.05) is 17.1 Å². The molecule has 1 aromatic carbocycles. The van der Waals surface area contributed by atoms with E-state index in [1.165, 1.54) is 12.0 Å². The van der Waals surface area contributed by atoms with Gasteiger partial charge in [-0.25, -0.2) is 0 Å². The van der Waals surface area contributed by atoms with Crippen molar-refractivity contribution in [2.75, 3.05) is 0 Å². The number of hydrogen-bond donors (Lipinski definition) is 2. The summed E-state index contributed by atoms with van der Waals surface area (Å²) in [5, 5.41) is 7.66. The van der Waals surface area contributed by atoms with E-state index in [9.17, 15) is 4.79 Å². The molecule has 6 heteroatoms. The molecule has 2 aromatic heterocycles. The van der Waals surface area contributed by atoms with Crippen molar-refractivity contribution in [2.24, 2.45) is 0 Å². The lowest BCUT2D eigenvalue weighted by molar-refractivity contribution is -0.121. The summed E-state index contributed by atoms with van der Waals surface area (Å²) in [6.45, 7) is 3.86. The Morgan fingerprint density at radius 3 is 3.10 bits per heavy atom. The predicted octanol–water partition coefficient (Wildman–Crippen LogP) is 2.28. The summed E-state index contributed by atoms with van der Waals surface area (Å²) in [5.41, 5.74) is 3.22. The van der Waals surface area contributed by atoms with Gasteiger partial charge in [0.2, 0.25) is 12.3 Å². The first-order valence-corrected chi connectivity index (χ1v) is 6.76. The molecule has 0 saturated heterocycles. The molecule has 0 aliphatic carbocycles. The van der Waals surface area contributed by atoms with Gasteiger partial charge in [-0.2, -0.15) is 4.98 Å². The molecule has 0 bridgehead atoms. The number of para-hydroxylation sites is 1. The average Bonchev–Trinajstić information content (AvgIpc) is 3.09. The van der Waals surface area contributed by atoms with Gasteiger partial charge in [0.15, 0.2) is 5.82 Å². The predicted molar refractivity (Wildman–Crippen MR) is 77.6 cm³/mol. The maximum absolute atomic E-state index is 12.1. The molecule has 0 aliphatic heterocycles. The number of rotatable bonds is 4. The van der Waals surface area contributed by atoms with Crippen molar-refractivity contribution in [2.45, 2.75) is 26.3 Å². The molecule has 108 valence electrons. The highest BCUT2D eigenvalue weighted by atomic mass is 16.5. The summed E-state index contributed by atoms with van der Waals surface area (Å²) in [5.74, 6) is 0.396. The largest absolute Gasteiger partial charge is 0.361 e. The Bertz CT molecular complexity index is 761. The lowest BCUT2D eigenvalue weighted by Crippen LogP contribution is -2.28. The van der Waals surface area contributed by atoms with Gasteiger partial charge in [-0.1, -0.05) is 23.4 Å². The molecule has 1 atom stereocenters. The number of aryl methyl sites for hydroxylation is 1. The maximum Gasteiger partial charge on any atom is 0.225 e. The fourth-order valence-electron chi connectivity index (χ4n) is 2.41. The van der Waals surface area contributed by atoms with Gasteiger partial charge in [-0.3, -0.25) is 4.79 Å². The van der Waals surface area contributed by atoms with Crippen molar-refractivity contribution in [1.82, 2.24) is 20.4 Å². The molecule has 2 N–H and O–H groups in total. The van der Waals surface area contributed by atoms with E-state index in [2.05, 4.69) is 25.0 Å². The lowest BCUT2D eigenvalue weighted by atomic mass is 10.1. The molecule has 3 aromatic rings. The monoisotopic (exact) mass is 284 g/mol. The second kappa shape index (κ2) is 5.40. The summed E-state index contributed by atoms with van der Waals surface area (Å²) < 4.78 is 4.68. The van der Waals surface area contributed by atoms with Crippen LogP contribution in [0.15, 0.2) is 35.3 Å². The number of hydrogen-bond acceptors (Lipinski definition) is 4. The minimum absolute atomic E-state index is 0.0743. The second-order valence-electron chi connectivity index (χ2n) is 5.07. The highest BCUT2D eigenvalue weighted by Crippen LogP contribution is 2.21. The number of aromatic amines is 1. The summed E-state index contributed by atoms with van der Waals surface area (Å²) in [6.07, 6.45) is 3.45. The van der Waals surface area contributed by atoms with Crippen LogP contribution < -0.4 is 5.32 Å². The Balaban J connectivity index is 1.73. The Morgan fingerprint density at radius 1 is 1.48 bits per heavy atom. The third kappa shape index (κ3) is 2.65. The van der Waals surface area contributed by atoms with Crippen LogP contribution in [0.3, 0.4) is 0 Å². The molecule has 0 spiro atoms. The molecule has 1 amide bonds. The zero-order valence-electron chi connectivity index (χ0n) is 11.9. The van der Waals surface area contributed by atoms with E-state index < -0.39 is 0 Å². The fourth-order valence-corrected chi connectivity index (χ4v) is 2.41. The van der Waals surface area contributed by atoms with Crippen LogP contribution in [0.25, 0.3) is 10.9 Å². The van der Waals surface area contributed by atoms with E-state index in [-0.39, 0.29) is 11.9 Å². The van der Waals surface area contributed by atoms with Crippen LogP contribution in [0.1, 0.15) is 29.9 Å². The van der Waals surface area contributed by atoms with Gasteiger partial charge in [0.05, 0.1) is 12.5 Å². The zero-order chi connectivity index (χ0) is 14.8. The number of carbonyl (C=O) groups is 1. The van der Waals surface area contributed by atoms with Crippen LogP contribution >= 0.6 is 0 Å². The van der Waals surface area contributed by atoms with Crippen molar-refractivity contribution < 1.29 is 9.32 Å². The molecule has 0 aliphatic rings. The van der Waals surface area contributed by atoms with Gasteiger partial charge in [0.25, 0.3) is 0 Å². The molecular formula is C15H16N4O2. The number of fused-ring (bicyclic) bond motifs is 1. The third-order valence-electron chi connectivity index (χ3n) is 3.50. The fraction of sp³-hybridized carbons (Fsp3) is 0.267. The Labute approximate surface area is 121 Å². The minimum Gasteiger partial charge on any atom is -0.361 e. The Kier molecular flexibility index (Phi) is 3.43. The van der Waals surface area contributed by atoms with Gasteiger partial charge in [0.1, 0.15) is 0 Å². The molecule has 21 heavy (non-hydrogen) atoms. The number of carbonyl (C=O) groups excluding carboxylic acids is 1. The van der Waals surface area contributed by atoms with Gasteiger partial charge < -0.3 is 14.8 Å². The maximum atomic E-state index is 12.1. The molecular weight excluding hydrogens is 268 g/mol. The summed E-state index contributed by atoms with van der Waals surface area (Å²) in [4.78, 5) is 19.3. The van der Waals surface area contributed by atoms with Crippen LogP contribution in [0.2, 0.25) is 0 Å². The van der Waals surface area contributed by atoms with Crippen molar-refractivity contribution in [1.29, 1.82) is 0 Å².